The zero-order valence-electron chi connectivity index (χ0n) is 8.85. The summed E-state index contributed by atoms with van der Waals surface area (Å²) in [4.78, 5) is 19.1. The van der Waals surface area contributed by atoms with Gasteiger partial charge in [0, 0.05) is 11.3 Å². The van der Waals surface area contributed by atoms with Crippen LogP contribution in [0.1, 0.15) is 35.1 Å². The monoisotopic (exact) mass is 248 g/mol. The highest BCUT2D eigenvalue weighted by atomic mass is 35.5. The molecule has 1 N–H and O–H groups in total. The standard InChI is InChI=1S/C12H9ClN2O2/c13-8-3-1-2-7-9(6-4-5-6)14-11(12(16)17)15-10(7)8/h1-3,6H,4-5H2,(H,16,17). The van der Waals surface area contributed by atoms with Crippen molar-refractivity contribution in [2.75, 3.05) is 0 Å². The maximum Gasteiger partial charge on any atom is 0.373 e. The molecule has 1 heterocycles. The summed E-state index contributed by atoms with van der Waals surface area (Å²) in [6.45, 7) is 0. The van der Waals surface area contributed by atoms with Gasteiger partial charge in [-0.1, -0.05) is 23.7 Å². The van der Waals surface area contributed by atoms with E-state index in [1.165, 1.54) is 0 Å². The van der Waals surface area contributed by atoms with Crippen LogP contribution in [-0.2, 0) is 0 Å². The molecule has 3 rings (SSSR count). The fourth-order valence-corrected chi connectivity index (χ4v) is 2.12. The van der Waals surface area contributed by atoms with E-state index in [0.717, 1.165) is 23.9 Å². The quantitative estimate of drug-likeness (QED) is 0.888. The minimum absolute atomic E-state index is 0.174. The maximum atomic E-state index is 11.0. The third-order valence-electron chi connectivity index (χ3n) is 2.86. The van der Waals surface area contributed by atoms with Crippen LogP contribution in [0.5, 0.6) is 0 Å². The first kappa shape index (κ1) is 10.5. The van der Waals surface area contributed by atoms with Crippen LogP contribution >= 0.6 is 11.6 Å². The van der Waals surface area contributed by atoms with Crippen LogP contribution < -0.4 is 0 Å². The van der Waals surface area contributed by atoms with Crippen LogP contribution in [-0.4, -0.2) is 21.0 Å². The molecule has 0 saturated heterocycles. The molecule has 0 radical (unpaired) electrons. The average molecular weight is 249 g/mol. The molecule has 1 aromatic heterocycles. The molecule has 1 aromatic carbocycles. The number of carboxylic acid groups (broad SMARTS) is 1. The summed E-state index contributed by atoms with van der Waals surface area (Å²) in [5.74, 6) is -0.932. The number of benzene rings is 1. The predicted molar refractivity (Wildman–Crippen MR) is 63.5 cm³/mol. The van der Waals surface area contributed by atoms with Crippen molar-refractivity contribution in [2.45, 2.75) is 18.8 Å². The van der Waals surface area contributed by atoms with Crippen molar-refractivity contribution in [3.05, 3.63) is 34.7 Å². The number of hydrogen-bond acceptors (Lipinski definition) is 3. The summed E-state index contributed by atoms with van der Waals surface area (Å²) < 4.78 is 0. The fraction of sp³-hybridized carbons (Fsp3) is 0.250. The largest absolute Gasteiger partial charge is 0.475 e. The summed E-state index contributed by atoms with van der Waals surface area (Å²) >= 11 is 6.05. The molecule has 1 saturated carbocycles. The van der Waals surface area contributed by atoms with Gasteiger partial charge in [-0.05, 0) is 18.9 Å². The van der Waals surface area contributed by atoms with Crippen molar-refractivity contribution in [3.8, 4) is 0 Å². The zero-order chi connectivity index (χ0) is 12.0. The molecule has 0 aliphatic heterocycles. The highest BCUT2D eigenvalue weighted by molar-refractivity contribution is 6.35. The number of fused-ring (bicyclic) bond motifs is 1. The second-order valence-corrected chi connectivity index (χ2v) is 4.56. The first-order valence-electron chi connectivity index (χ1n) is 5.36. The normalized spacial score (nSPS) is 15.1. The number of carboxylic acids is 1. The van der Waals surface area contributed by atoms with Gasteiger partial charge in [-0.15, -0.1) is 0 Å². The van der Waals surface area contributed by atoms with Crippen LogP contribution in [0.2, 0.25) is 5.02 Å². The highest BCUT2D eigenvalue weighted by Gasteiger charge is 2.29. The molecule has 1 aliphatic carbocycles. The van der Waals surface area contributed by atoms with Crippen molar-refractivity contribution in [1.82, 2.24) is 9.97 Å². The first-order valence-corrected chi connectivity index (χ1v) is 5.74. The number of carbonyl (C=O) groups is 1. The summed E-state index contributed by atoms with van der Waals surface area (Å²) in [5.41, 5.74) is 1.35. The van der Waals surface area contributed by atoms with E-state index in [0.29, 0.717) is 16.5 Å². The number of aromatic carboxylic acids is 1. The van der Waals surface area contributed by atoms with Gasteiger partial charge >= 0.3 is 5.97 Å². The number of para-hydroxylation sites is 1. The van der Waals surface area contributed by atoms with Crippen LogP contribution in [0.15, 0.2) is 18.2 Å². The SMILES string of the molecule is O=C(O)c1nc(C2CC2)c2cccc(Cl)c2n1. The summed E-state index contributed by atoms with van der Waals surface area (Å²) in [6, 6.07) is 5.43. The molecule has 0 bridgehead atoms. The van der Waals surface area contributed by atoms with E-state index >= 15 is 0 Å². The third kappa shape index (κ3) is 1.74. The Hall–Kier alpha value is -1.68. The van der Waals surface area contributed by atoms with E-state index in [9.17, 15) is 4.79 Å². The lowest BCUT2D eigenvalue weighted by Crippen LogP contribution is -2.07. The lowest BCUT2D eigenvalue weighted by molar-refractivity contribution is 0.0683. The maximum absolute atomic E-state index is 11.0. The second kappa shape index (κ2) is 3.67. The first-order chi connectivity index (χ1) is 8.16. The van der Waals surface area contributed by atoms with Crippen molar-refractivity contribution in [3.63, 3.8) is 0 Å². The predicted octanol–water partition coefficient (Wildman–Crippen LogP) is 2.86. The Labute approximate surface area is 102 Å². The number of nitrogens with zero attached hydrogens (tertiary/aromatic N) is 2. The molecule has 0 unspecified atom stereocenters. The van der Waals surface area contributed by atoms with E-state index < -0.39 is 5.97 Å². The van der Waals surface area contributed by atoms with Crippen LogP contribution in [0.4, 0.5) is 0 Å². The molecule has 0 atom stereocenters. The Morgan fingerprint density at radius 2 is 2.12 bits per heavy atom. The van der Waals surface area contributed by atoms with E-state index in [1.54, 1.807) is 6.07 Å². The average Bonchev–Trinajstić information content (AvgIpc) is 3.12. The molecule has 17 heavy (non-hydrogen) atoms. The third-order valence-corrected chi connectivity index (χ3v) is 3.17. The van der Waals surface area contributed by atoms with E-state index in [4.69, 9.17) is 16.7 Å². The van der Waals surface area contributed by atoms with Gasteiger partial charge in [0.25, 0.3) is 0 Å². The van der Waals surface area contributed by atoms with Gasteiger partial charge in [0.15, 0.2) is 0 Å². The lowest BCUT2D eigenvalue weighted by Gasteiger charge is -2.06. The van der Waals surface area contributed by atoms with Crippen molar-refractivity contribution >= 4 is 28.5 Å². The summed E-state index contributed by atoms with van der Waals surface area (Å²) in [5, 5.41) is 10.3. The van der Waals surface area contributed by atoms with Gasteiger partial charge in [0.05, 0.1) is 16.2 Å². The Morgan fingerprint density at radius 1 is 1.35 bits per heavy atom. The number of halogens is 1. The molecule has 4 nitrogen and oxygen atoms in total. The fourth-order valence-electron chi connectivity index (χ4n) is 1.90. The smallest absolute Gasteiger partial charge is 0.373 e. The van der Waals surface area contributed by atoms with Gasteiger partial charge in [-0.3, -0.25) is 0 Å². The van der Waals surface area contributed by atoms with Crippen LogP contribution in [0.25, 0.3) is 10.9 Å². The van der Waals surface area contributed by atoms with Gasteiger partial charge in [0.1, 0.15) is 0 Å². The Kier molecular flexibility index (Phi) is 2.26. The molecule has 86 valence electrons. The van der Waals surface area contributed by atoms with Gasteiger partial charge in [-0.2, -0.15) is 0 Å². The lowest BCUT2D eigenvalue weighted by atomic mass is 10.1. The minimum Gasteiger partial charge on any atom is -0.475 e. The van der Waals surface area contributed by atoms with E-state index in [2.05, 4.69) is 9.97 Å². The van der Waals surface area contributed by atoms with Crippen molar-refractivity contribution in [1.29, 1.82) is 0 Å². The Morgan fingerprint density at radius 3 is 2.76 bits per heavy atom. The van der Waals surface area contributed by atoms with Crippen LogP contribution in [0.3, 0.4) is 0 Å². The summed E-state index contributed by atoms with van der Waals surface area (Å²) in [6.07, 6.45) is 2.11. The van der Waals surface area contributed by atoms with E-state index in [-0.39, 0.29) is 5.82 Å². The molecule has 0 amide bonds. The second-order valence-electron chi connectivity index (χ2n) is 4.15. The van der Waals surface area contributed by atoms with Crippen molar-refractivity contribution < 1.29 is 9.90 Å². The molecule has 1 aliphatic rings. The Balaban J connectivity index is 2.35. The molecule has 1 fully saturated rings. The topological polar surface area (TPSA) is 63.1 Å². The minimum atomic E-state index is -1.12. The molecule has 0 spiro atoms. The van der Waals surface area contributed by atoms with Gasteiger partial charge in [-0.25, -0.2) is 14.8 Å². The zero-order valence-corrected chi connectivity index (χ0v) is 9.61. The van der Waals surface area contributed by atoms with E-state index in [1.807, 2.05) is 12.1 Å². The van der Waals surface area contributed by atoms with Gasteiger partial charge < -0.3 is 5.11 Å². The number of aromatic nitrogens is 2. The summed E-state index contributed by atoms with van der Waals surface area (Å²) in [7, 11) is 0. The highest BCUT2D eigenvalue weighted by Crippen LogP contribution is 2.42. The number of hydrogen-bond donors (Lipinski definition) is 1. The molecule has 2 aromatic rings. The Bertz CT molecular complexity index is 623. The van der Waals surface area contributed by atoms with Crippen LogP contribution in [0, 0.1) is 0 Å². The molecular weight excluding hydrogens is 240 g/mol. The van der Waals surface area contributed by atoms with Crippen molar-refractivity contribution in [2.24, 2.45) is 0 Å². The molecular formula is C12H9ClN2O2. The molecule has 5 heteroatoms. The number of rotatable bonds is 2. The van der Waals surface area contributed by atoms with Gasteiger partial charge in [0.2, 0.25) is 5.82 Å².